The van der Waals surface area contributed by atoms with E-state index in [0.717, 1.165) is 37.2 Å². The Morgan fingerprint density at radius 2 is 1.93 bits per heavy atom. The Morgan fingerprint density at radius 1 is 1.21 bits per heavy atom. The van der Waals surface area contributed by atoms with Crippen molar-refractivity contribution in [3.63, 3.8) is 0 Å². The van der Waals surface area contributed by atoms with Crippen molar-refractivity contribution in [2.45, 2.75) is 32.7 Å². The molecule has 7 nitrogen and oxygen atoms in total. The third kappa shape index (κ3) is 4.03. The molecule has 7 heteroatoms. The Morgan fingerprint density at radius 3 is 2.54 bits per heavy atom. The molecule has 2 heterocycles. The molecule has 3 rings (SSSR count). The molecular formula is C21H27N3O4. The molecule has 0 bridgehead atoms. The molecule has 1 amide bonds. The molecule has 1 fully saturated rings. The van der Waals surface area contributed by atoms with Crippen LogP contribution in [0.5, 0.6) is 11.5 Å². The molecule has 28 heavy (non-hydrogen) atoms. The molecule has 0 radical (unpaired) electrons. The smallest absolute Gasteiger partial charge is 0.271 e. The molecule has 0 saturated carbocycles. The number of methoxy groups -OCH3 is 2. The second kappa shape index (κ2) is 8.46. The lowest BCUT2D eigenvalue weighted by Gasteiger charge is -2.33. The number of benzene rings is 1. The second-order valence-electron chi connectivity index (χ2n) is 7.28. The first kappa shape index (κ1) is 19.9. The predicted octanol–water partition coefficient (Wildman–Crippen LogP) is 2.75. The number of carbonyl (C=O) groups is 1. The summed E-state index contributed by atoms with van der Waals surface area (Å²) in [5, 5.41) is 4.49. The highest BCUT2D eigenvalue weighted by atomic mass is 16.5. The largest absolute Gasteiger partial charge is 0.497 e. The molecule has 1 saturated heterocycles. The van der Waals surface area contributed by atoms with Crippen molar-refractivity contribution in [1.82, 2.24) is 14.7 Å². The summed E-state index contributed by atoms with van der Waals surface area (Å²) in [5.74, 6) is 1.49. The quantitative estimate of drug-likeness (QED) is 0.791. The van der Waals surface area contributed by atoms with Crippen LogP contribution >= 0.6 is 0 Å². The molecule has 0 spiro atoms. The minimum atomic E-state index is -0.680. The van der Waals surface area contributed by atoms with Gasteiger partial charge >= 0.3 is 0 Å². The van der Waals surface area contributed by atoms with Gasteiger partial charge in [-0.15, -0.1) is 0 Å². The Hall–Kier alpha value is -2.83. The van der Waals surface area contributed by atoms with Crippen molar-refractivity contribution < 1.29 is 14.3 Å². The maximum atomic E-state index is 13.0. The number of piperidine rings is 1. The summed E-state index contributed by atoms with van der Waals surface area (Å²) in [6, 6.07) is 8.02. The molecule has 0 N–H and O–H groups in total. The average molecular weight is 385 g/mol. The van der Waals surface area contributed by atoms with Crippen molar-refractivity contribution in [3.05, 3.63) is 40.7 Å². The predicted molar refractivity (Wildman–Crippen MR) is 107 cm³/mol. The van der Waals surface area contributed by atoms with Crippen LogP contribution in [0.4, 0.5) is 0 Å². The molecule has 2 aromatic rings. The molecule has 1 aliphatic rings. The highest BCUT2D eigenvalue weighted by Crippen LogP contribution is 2.28. The highest BCUT2D eigenvalue weighted by Gasteiger charge is 2.28. The summed E-state index contributed by atoms with van der Waals surface area (Å²) >= 11 is 0. The Kier molecular flexibility index (Phi) is 6.02. The second-order valence-corrected chi connectivity index (χ2v) is 7.28. The van der Waals surface area contributed by atoms with Crippen molar-refractivity contribution in [2.24, 2.45) is 5.92 Å². The van der Waals surface area contributed by atoms with E-state index in [2.05, 4.69) is 12.0 Å². The van der Waals surface area contributed by atoms with E-state index in [4.69, 9.17) is 9.47 Å². The van der Waals surface area contributed by atoms with E-state index in [0.29, 0.717) is 17.4 Å². The summed E-state index contributed by atoms with van der Waals surface area (Å²) in [7, 11) is 3.10. The fraction of sp³-hybridized carbons (Fsp3) is 0.476. The van der Waals surface area contributed by atoms with Crippen LogP contribution in [0.15, 0.2) is 35.1 Å². The Balaban J connectivity index is 1.96. The van der Waals surface area contributed by atoms with Gasteiger partial charge in [0, 0.05) is 24.7 Å². The van der Waals surface area contributed by atoms with Gasteiger partial charge in [0.2, 0.25) is 5.91 Å². The minimum Gasteiger partial charge on any atom is -0.497 e. The van der Waals surface area contributed by atoms with Crippen LogP contribution in [0.1, 0.15) is 32.7 Å². The van der Waals surface area contributed by atoms with Crippen LogP contribution in [0.25, 0.3) is 11.3 Å². The van der Waals surface area contributed by atoms with Crippen LogP contribution in [0.2, 0.25) is 0 Å². The van der Waals surface area contributed by atoms with Gasteiger partial charge < -0.3 is 14.4 Å². The van der Waals surface area contributed by atoms with E-state index >= 15 is 0 Å². The highest BCUT2D eigenvalue weighted by molar-refractivity contribution is 5.80. The first-order valence-electron chi connectivity index (χ1n) is 9.55. The van der Waals surface area contributed by atoms with Crippen molar-refractivity contribution in [1.29, 1.82) is 0 Å². The van der Waals surface area contributed by atoms with E-state index in [1.807, 2.05) is 29.2 Å². The number of aromatic nitrogens is 2. The topological polar surface area (TPSA) is 73.7 Å². The summed E-state index contributed by atoms with van der Waals surface area (Å²) in [4.78, 5) is 27.4. The minimum absolute atomic E-state index is 0.0769. The number of likely N-dealkylation sites (tertiary alicyclic amines) is 1. The fourth-order valence-corrected chi connectivity index (χ4v) is 3.59. The molecule has 150 valence electrons. The van der Waals surface area contributed by atoms with Crippen molar-refractivity contribution >= 4 is 5.91 Å². The van der Waals surface area contributed by atoms with E-state index in [-0.39, 0.29) is 11.5 Å². The monoisotopic (exact) mass is 385 g/mol. The molecule has 1 aliphatic heterocycles. The molecular weight excluding hydrogens is 358 g/mol. The van der Waals surface area contributed by atoms with Gasteiger partial charge in [-0.05, 0) is 49.9 Å². The summed E-state index contributed by atoms with van der Waals surface area (Å²) in [6.07, 6.45) is 2.11. The number of ether oxygens (including phenoxy) is 2. The zero-order chi connectivity index (χ0) is 20.3. The lowest BCUT2D eigenvalue weighted by molar-refractivity contribution is -0.136. The van der Waals surface area contributed by atoms with Crippen molar-refractivity contribution in [3.8, 4) is 22.8 Å². The number of hydrogen-bond donors (Lipinski definition) is 0. The van der Waals surface area contributed by atoms with Gasteiger partial charge in [-0.25, -0.2) is 4.68 Å². The van der Waals surface area contributed by atoms with Gasteiger partial charge in [-0.1, -0.05) is 6.92 Å². The van der Waals surface area contributed by atoms with Crippen LogP contribution in [-0.2, 0) is 4.79 Å². The summed E-state index contributed by atoms with van der Waals surface area (Å²) < 4.78 is 11.8. The average Bonchev–Trinajstić information content (AvgIpc) is 2.72. The molecule has 2 atom stereocenters. The number of carbonyl (C=O) groups excluding carboxylic acids is 1. The lowest BCUT2D eigenvalue weighted by atomic mass is 10.00. The van der Waals surface area contributed by atoms with Gasteiger partial charge in [0.05, 0.1) is 14.2 Å². The van der Waals surface area contributed by atoms with Crippen LogP contribution in [-0.4, -0.2) is 47.9 Å². The Labute approximate surface area is 164 Å². The number of amides is 1. The molecule has 0 unspecified atom stereocenters. The van der Waals surface area contributed by atoms with Gasteiger partial charge in [-0.3, -0.25) is 9.59 Å². The third-order valence-corrected chi connectivity index (χ3v) is 5.20. The van der Waals surface area contributed by atoms with Crippen LogP contribution < -0.4 is 15.0 Å². The first-order valence-corrected chi connectivity index (χ1v) is 9.55. The fourth-order valence-electron chi connectivity index (χ4n) is 3.59. The van der Waals surface area contributed by atoms with E-state index < -0.39 is 6.04 Å². The van der Waals surface area contributed by atoms with Gasteiger partial charge in [0.25, 0.3) is 5.56 Å². The Bertz CT molecular complexity index is 892. The standard InChI is InChI=1S/C21H27N3O4/c1-14-6-5-11-23(13-14)21(26)15(2)24-19(25)12-18(28-4)20(22-24)16-7-9-17(27-3)10-8-16/h7-10,12,14-15H,5-6,11,13H2,1-4H3/t14-,15+/m0/s1. The maximum absolute atomic E-state index is 13.0. The number of hydrogen-bond acceptors (Lipinski definition) is 5. The summed E-state index contributed by atoms with van der Waals surface area (Å²) in [6.45, 7) is 5.31. The third-order valence-electron chi connectivity index (χ3n) is 5.20. The zero-order valence-electron chi connectivity index (χ0n) is 16.8. The molecule has 0 aliphatic carbocycles. The van der Waals surface area contributed by atoms with E-state index in [9.17, 15) is 9.59 Å². The summed E-state index contributed by atoms with van der Waals surface area (Å²) in [5.41, 5.74) is 0.925. The van der Waals surface area contributed by atoms with Crippen LogP contribution in [0.3, 0.4) is 0 Å². The number of rotatable bonds is 5. The number of nitrogens with zero attached hydrogens (tertiary/aromatic N) is 3. The SMILES string of the molecule is COc1ccc(-c2nn([C@H](C)C(=O)N3CCC[C@H](C)C3)c(=O)cc2OC)cc1. The van der Waals surface area contributed by atoms with Gasteiger partial charge in [0.1, 0.15) is 17.5 Å². The first-order chi connectivity index (χ1) is 13.4. The molecule has 1 aromatic carbocycles. The molecule has 1 aromatic heterocycles. The zero-order valence-corrected chi connectivity index (χ0v) is 16.8. The van der Waals surface area contributed by atoms with Crippen LogP contribution in [0, 0.1) is 5.92 Å². The van der Waals surface area contributed by atoms with Gasteiger partial charge in [-0.2, -0.15) is 5.10 Å². The van der Waals surface area contributed by atoms with Crippen molar-refractivity contribution in [2.75, 3.05) is 27.3 Å². The van der Waals surface area contributed by atoms with E-state index in [1.165, 1.54) is 17.9 Å². The van der Waals surface area contributed by atoms with Gasteiger partial charge in [0.15, 0.2) is 5.75 Å². The van der Waals surface area contributed by atoms with E-state index in [1.54, 1.807) is 14.0 Å². The normalized spacial score (nSPS) is 17.9. The lowest BCUT2D eigenvalue weighted by Crippen LogP contribution is -2.44. The maximum Gasteiger partial charge on any atom is 0.271 e.